The van der Waals surface area contributed by atoms with E-state index in [0.29, 0.717) is 6.54 Å². The lowest BCUT2D eigenvalue weighted by atomic mass is 9.97. The number of nitrogens with zero attached hydrogens (tertiary/aromatic N) is 4. The van der Waals surface area contributed by atoms with Crippen molar-refractivity contribution in [3.05, 3.63) is 65.8 Å². The van der Waals surface area contributed by atoms with Crippen LogP contribution in [0.4, 0.5) is 5.69 Å². The molecule has 2 aromatic heterocycles. The number of anilines is 1. The van der Waals surface area contributed by atoms with Gasteiger partial charge in [0.05, 0.1) is 11.7 Å². The summed E-state index contributed by atoms with van der Waals surface area (Å²) in [7, 11) is 0. The van der Waals surface area contributed by atoms with Gasteiger partial charge in [-0.05, 0) is 30.0 Å². The Morgan fingerprint density at radius 2 is 2.12 bits per heavy atom. The van der Waals surface area contributed by atoms with Gasteiger partial charge in [0.2, 0.25) is 5.76 Å². The molecule has 6 heteroatoms. The predicted molar refractivity (Wildman–Crippen MR) is 93.7 cm³/mol. The van der Waals surface area contributed by atoms with Gasteiger partial charge in [-0.1, -0.05) is 37.2 Å². The molecular weight excluding hydrogens is 316 g/mol. The number of carbonyl (C=O) groups is 1. The SMILES string of the molecule is CC(C)c1cc(C(=O)N2CC(n3cccn3)Cc3ccccc32)on1. The summed E-state index contributed by atoms with van der Waals surface area (Å²) in [5, 5.41) is 8.37. The standard InChI is InChI=1S/C19H20N4O2/c1-13(2)16-11-18(25-21-16)19(24)22-12-15(23-9-5-8-20-23)10-14-6-3-4-7-17(14)22/h3-9,11,13,15H,10,12H2,1-2H3. The van der Waals surface area contributed by atoms with E-state index in [1.54, 1.807) is 17.2 Å². The van der Waals surface area contributed by atoms with E-state index in [1.165, 1.54) is 0 Å². The van der Waals surface area contributed by atoms with Crippen molar-refractivity contribution in [3.8, 4) is 0 Å². The van der Waals surface area contributed by atoms with Crippen molar-refractivity contribution in [1.29, 1.82) is 0 Å². The molecule has 1 aliphatic heterocycles. The highest BCUT2D eigenvalue weighted by atomic mass is 16.5. The van der Waals surface area contributed by atoms with Gasteiger partial charge in [0.15, 0.2) is 0 Å². The van der Waals surface area contributed by atoms with Gasteiger partial charge < -0.3 is 9.42 Å². The second-order valence-electron chi connectivity index (χ2n) is 6.66. The van der Waals surface area contributed by atoms with Gasteiger partial charge in [-0.25, -0.2) is 0 Å². The van der Waals surface area contributed by atoms with Crippen LogP contribution in [0.15, 0.2) is 53.3 Å². The zero-order valence-corrected chi connectivity index (χ0v) is 14.3. The molecule has 0 saturated heterocycles. The van der Waals surface area contributed by atoms with Gasteiger partial charge in [0, 0.05) is 30.7 Å². The van der Waals surface area contributed by atoms with E-state index in [2.05, 4.69) is 16.3 Å². The van der Waals surface area contributed by atoms with Gasteiger partial charge >= 0.3 is 0 Å². The fourth-order valence-electron chi connectivity index (χ4n) is 3.24. The van der Waals surface area contributed by atoms with Crippen LogP contribution in [0, 0.1) is 0 Å². The van der Waals surface area contributed by atoms with Crippen molar-refractivity contribution < 1.29 is 9.32 Å². The Balaban J connectivity index is 1.70. The summed E-state index contributed by atoms with van der Waals surface area (Å²) in [6.07, 6.45) is 4.54. The van der Waals surface area contributed by atoms with Crippen LogP contribution in [0.2, 0.25) is 0 Å². The second kappa shape index (κ2) is 6.20. The minimum atomic E-state index is -0.163. The summed E-state index contributed by atoms with van der Waals surface area (Å²) in [6.45, 7) is 4.60. The van der Waals surface area contributed by atoms with Crippen molar-refractivity contribution in [2.24, 2.45) is 0 Å². The molecule has 6 nitrogen and oxygen atoms in total. The van der Waals surface area contributed by atoms with Gasteiger partial charge in [0.1, 0.15) is 0 Å². The van der Waals surface area contributed by atoms with Gasteiger partial charge in [-0.2, -0.15) is 5.10 Å². The third-order valence-corrected chi connectivity index (χ3v) is 4.61. The number of hydrogen-bond donors (Lipinski definition) is 0. The molecule has 0 aliphatic carbocycles. The first-order chi connectivity index (χ1) is 12.1. The molecule has 128 valence electrons. The number of amides is 1. The largest absolute Gasteiger partial charge is 0.351 e. The minimum Gasteiger partial charge on any atom is -0.351 e. The lowest BCUT2D eigenvalue weighted by Gasteiger charge is -2.34. The lowest BCUT2D eigenvalue weighted by Crippen LogP contribution is -2.41. The Morgan fingerprint density at radius 1 is 1.28 bits per heavy atom. The maximum absolute atomic E-state index is 13.1. The van der Waals surface area contributed by atoms with Crippen LogP contribution in [-0.2, 0) is 6.42 Å². The van der Waals surface area contributed by atoms with Crippen LogP contribution in [0.5, 0.6) is 0 Å². The fraction of sp³-hybridized carbons (Fsp3) is 0.316. The smallest absolute Gasteiger partial charge is 0.296 e. The van der Waals surface area contributed by atoms with Gasteiger partial charge in [-0.15, -0.1) is 0 Å². The first-order valence-electron chi connectivity index (χ1n) is 8.49. The Morgan fingerprint density at radius 3 is 2.84 bits per heavy atom. The van der Waals surface area contributed by atoms with E-state index in [0.717, 1.165) is 23.4 Å². The Bertz CT molecular complexity index is 882. The van der Waals surface area contributed by atoms with Crippen LogP contribution < -0.4 is 4.90 Å². The fourth-order valence-corrected chi connectivity index (χ4v) is 3.24. The Kier molecular flexibility index (Phi) is 3.87. The van der Waals surface area contributed by atoms with E-state index >= 15 is 0 Å². The highest BCUT2D eigenvalue weighted by Crippen LogP contribution is 2.32. The van der Waals surface area contributed by atoms with Gasteiger partial charge in [-0.3, -0.25) is 9.48 Å². The molecule has 0 saturated carbocycles. The molecule has 1 unspecified atom stereocenters. The molecule has 3 aromatic rings. The third-order valence-electron chi connectivity index (χ3n) is 4.61. The van der Waals surface area contributed by atoms with Crippen LogP contribution >= 0.6 is 0 Å². The van der Waals surface area contributed by atoms with Crippen molar-refractivity contribution in [2.45, 2.75) is 32.2 Å². The van der Waals surface area contributed by atoms with Crippen molar-refractivity contribution in [1.82, 2.24) is 14.9 Å². The molecule has 1 amide bonds. The first kappa shape index (κ1) is 15.6. The average molecular weight is 336 g/mol. The van der Waals surface area contributed by atoms with Crippen LogP contribution in [-0.4, -0.2) is 27.4 Å². The summed E-state index contributed by atoms with van der Waals surface area (Å²) in [6, 6.07) is 11.7. The maximum atomic E-state index is 13.1. The van der Waals surface area contributed by atoms with E-state index in [4.69, 9.17) is 4.52 Å². The van der Waals surface area contributed by atoms with Gasteiger partial charge in [0.25, 0.3) is 5.91 Å². The number of rotatable bonds is 3. The molecule has 1 atom stereocenters. The predicted octanol–water partition coefficient (Wildman–Crippen LogP) is 3.44. The molecule has 1 aliphatic rings. The Hall–Kier alpha value is -2.89. The van der Waals surface area contributed by atoms with E-state index < -0.39 is 0 Å². The summed E-state index contributed by atoms with van der Waals surface area (Å²) < 4.78 is 7.23. The number of hydrogen-bond acceptors (Lipinski definition) is 4. The maximum Gasteiger partial charge on any atom is 0.296 e. The number of carbonyl (C=O) groups excluding carboxylic acids is 1. The van der Waals surface area contributed by atoms with Crippen LogP contribution in [0.1, 0.15) is 47.6 Å². The first-order valence-corrected chi connectivity index (χ1v) is 8.49. The normalized spacial score (nSPS) is 16.9. The highest BCUT2D eigenvalue weighted by molar-refractivity contribution is 6.05. The topological polar surface area (TPSA) is 64.2 Å². The van der Waals surface area contributed by atoms with Crippen LogP contribution in [0.25, 0.3) is 0 Å². The summed E-state index contributed by atoms with van der Waals surface area (Å²) in [4.78, 5) is 14.8. The third kappa shape index (κ3) is 2.84. The molecule has 25 heavy (non-hydrogen) atoms. The zero-order valence-electron chi connectivity index (χ0n) is 14.3. The highest BCUT2D eigenvalue weighted by Gasteiger charge is 2.32. The van der Waals surface area contributed by atoms with Crippen LogP contribution in [0.3, 0.4) is 0 Å². The van der Waals surface area contributed by atoms with E-state index in [1.807, 2.05) is 49.0 Å². The number of aromatic nitrogens is 3. The lowest BCUT2D eigenvalue weighted by molar-refractivity contribution is 0.0944. The molecule has 1 aromatic carbocycles. The Labute approximate surface area is 146 Å². The molecule has 3 heterocycles. The number of para-hydroxylation sites is 1. The minimum absolute atomic E-state index is 0.0985. The van der Waals surface area contributed by atoms with Crippen molar-refractivity contribution in [2.75, 3.05) is 11.4 Å². The summed E-state index contributed by atoms with van der Waals surface area (Å²) in [5.41, 5.74) is 2.85. The molecule has 0 N–H and O–H groups in total. The number of benzene rings is 1. The summed E-state index contributed by atoms with van der Waals surface area (Å²) >= 11 is 0. The van der Waals surface area contributed by atoms with E-state index in [9.17, 15) is 4.79 Å². The number of fused-ring (bicyclic) bond motifs is 1. The van der Waals surface area contributed by atoms with Crippen molar-refractivity contribution in [3.63, 3.8) is 0 Å². The molecule has 0 fully saturated rings. The molecule has 4 rings (SSSR count). The molecule has 0 spiro atoms. The summed E-state index contributed by atoms with van der Waals surface area (Å²) in [5.74, 6) is 0.332. The quantitative estimate of drug-likeness (QED) is 0.735. The monoisotopic (exact) mass is 336 g/mol. The van der Waals surface area contributed by atoms with E-state index in [-0.39, 0.29) is 23.6 Å². The zero-order chi connectivity index (χ0) is 17.4. The van der Waals surface area contributed by atoms with Crippen molar-refractivity contribution >= 4 is 11.6 Å². The second-order valence-corrected chi connectivity index (χ2v) is 6.66. The molecule has 0 bridgehead atoms. The molecular formula is C19H20N4O2. The average Bonchev–Trinajstić information content (AvgIpc) is 3.31. The molecule has 0 radical (unpaired) electrons.